The highest BCUT2D eigenvalue weighted by atomic mass is 79.9. The number of rotatable bonds is 5. The van der Waals surface area contributed by atoms with Gasteiger partial charge < -0.3 is 5.32 Å². The van der Waals surface area contributed by atoms with Crippen LogP contribution in [0, 0.1) is 20.8 Å². The number of halogens is 1. The smallest absolute Gasteiger partial charge is 0.0738 e. The molecule has 0 bridgehead atoms. The normalized spacial score (nSPS) is 12.7. The van der Waals surface area contributed by atoms with E-state index in [1.54, 1.807) is 0 Å². The summed E-state index contributed by atoms with van der Waals surface area (Å²) in [7, 11) is 1.98. The third-order valence-corrected chi connectivity index (χ3v) is 4.75. The zero-order valence-electron chi connectivity index (χ0n) is 13.2. The topological polar surface area (TPSA) is 55.6 Å². The Hall–Kier alpha value is -1.27. The summed E-state index contributed by atoms with van der Waals surface area (Å²) >= 11 is 3.67. The Balaban J connectivity index is 2.38. The first-order chi connectivity index (χ1) is 9.97. The molecule has 2 aromatic rings. The zero-order chi connectivity index (χ0) is 15.6. The van der Waals surface area contributed by atoms with Crippen LogP contribution in [0.3, 0.4) is 0 Å². The van der Waals surface area contributed by atoms with Gasteiger partial charge in [0.1, 0.15) is 0 Å². The monoisotopic (exact) mass is 351 g/mol. The van der Waals surface area contributed by atoms with Gasteiger partial charge in [-0.1, -0.05) is 0 Å². The maximum absolute atomic E-state index is 4.56. The Morgan fingerprint density at radius 3 is 2.57 bits per heavy atom. The number of aryl methyl sites for hydroxylation is 4. The molecule has 1 N–H and O–H groups in total. The van der Waals surface area contributed by atoms with Crippen LogP contribution in [0.15, 0.2) is 10.5 Å². The van der Waals surface area contributed by atoms with Crippen LogP contribution in [-0.4, -0.2) is 27.0 Å². The predicted octanol–water partition coefficient (Wildman–Crippen LogP) is 2.88. The summed E-state index contributed by atoms with van der Waals surface area (Å²) in [6.45, 7) is 8.98. The van der Waals surface area contributed by atoms with Gasteiger partial charge in [0.2, 0.25) is 0 Å². The van der Waals surface area contributed by atoms with Crippen molar-refractivity contribution in [2.24, 2.45) is 0 Å². The van der Waals surface area contributed by atoms with Gasteiger partial charge in [0.05, 0.1) is 27.2 Å². The van der Waals surface area contributed by atoms with Gasteiger partial charge in [0, 0.05) is 19.0 Å². The molecule has 2 rings (SSSR count). The summed E-state index contributed by atoms with van der Waals surface area (Å²) in [5, 5.41) is 16.3. The first kappa shape index (κ1) is 16.1. The number of hydrogen-bond acceptors (Lipinski definition) is 4. The second kappa shape index (κ2) is 6.66. The van der Waals surface area contributed by atoms with Crippen molar-refractivity contribution in [1.29, 1.82) is 0 Å². The standard InChI is InChI=1S/C15H22BrN5/c1-6-21-14(15(16)11(4)20-21)8-13(17-5)12-7-9(2)18-19-10(12)3/h7,13,17H,6,8H2,1-5H3. The second-order valence-corrected chi connectivity index (χ2v) is 6.03. The molecule has 0 aliphatic heterocycles. The van der Waals surface area contributed by atoms with Crippen molar-refractivity contribution in [2.75, 3.05) is 7.05 Å². The molecule has 5 nitrogen and oxygen atoms in total. The molecule has 0 aromatic carbocycles. The van der Waals surface area contributed by atoms with Crippen molar-refractivity contribution in [1.82, 2.24) is 25.3 Å². The van der Waals surface area contributed by atoms with E-state index in [4.69, 9.17) is 0 Å². The number of likely N-dealkylation sites (N-methyl/N-ethyl adjacent to an activating group) is 1. The lowest BCUT2D eigenvalue weighted by Gasteiger charge is -2.19. The molecule has 0 saturated carbocycles. The number of hydrogen-bond donors (Lipinski definition) is 1. The summed E-state index contributed by atoms with van der Waals surface area (Å²) in [6, 6.07) is 2.30. The third-order valence-electron chi connectivity index (χ3n) is 3.71. The molecular formula is C15H22BrN5. The molecule has 0 spiro atoms. The maximum atomic E-state index is 4.56. The fourth-order valence-corrected chi connectivity index (χ4v) is 2.99. The molecule has 0 aliphatic carbocycles. The minimum atomic E-state index is 0.192. The van der Waals surface area contributed by atoms with Crippen molar-refractivity contribution in [2.45, 2.75) is 46.7 Å². The predicted molar refractivity (Wildman–Crippen MR) is 87.3 cm³/mol. The SMILES string of the molecule is CCn1nc(C)c(Br)c1CC(NC)c1cc(C)nnc1C. The molecular weight excluding hydrogens is 330 g/mol. The molecule has 1 atom stereocenters. The number of nitrogens with zero attached hydrogens (tertiary/aromatic N) is 4. The summed E-state index contributed by atoms with van der Waals surface area (Å²) in [6.07, 6.45) is 0.859. The molecule has 1 unspecified atom stereocenters. The number of aromatic nitrogens is 4. The summed E-state index contributed by atoms with van der Waals surface area (Å²) in [4.78, 5) is 0. The maximum Gasteiger partial charge on any atom is 0.0738 e. The van der Waals surface area contributed by atoms with Crippen LogP contribution in [0.2, 0.25) is 0 Å². The third kappa shape index (κ3) is 3.32. The van der Waals surface area contributed by atoms with Gasteiger partial charge in [-0.25, -0.2) is 0 Å². The van der Waals surface area contributed by atoms with E-state index in [-0.39, 0.29) is 6.04 Å². The highest BCUT2D eigenvalue weighted by molar-refractivity contribution is 9.10. The average molecular weight is 352 g/mol. The quantitative estimate of drug-likeness (QED) is 0.899. The van der Waals surface area contributed by atoms with Crippen LogP contribution in [0.5, 0.6) is 0 Å². The summed E-state index contributed by atoms with van der Waals surface area (Å²) < 4.78 is 3.15. The molecule has 2 heterocycles. The lowest BCUT2D eigenvalue weighted by molar-refractivity contribution is 0.535. The molecule has 2 aromatic heterocycles. The van der Waals surface area contributed by atoms with Crippen LogP contribution in [0.4, 0.5) is 0 Å². The average Bonchev–Trinajstić information content (AvgIpc) is 2.74. The fraction of sp³-hybridized carbons (Fsp3) is 0.533. The van der Waals surface area contributed by atoms with Crippen molar-refractivity contribution in [3.63, 3.8) is 0 Å². The Kier molecular flexibility index (Phi) is 5.11. The van der Waals surface area contributed by atoms with Gasteiger partial charge in [-0.2, -0.15) is 15.3 Å². The highest BCUT2D eigenvalue weighted by Crippen LogP contribution is 2.27. The molecule has 0 aliphatic rings. The Morgan fingerprint density at radius 1 is 1.24 bits per heavy atom. The molecule has 0 fully saturated rings. The van der Waals surface area contributed by atoms with E-state index in [0.29, 0.717) is 0 Å². The Bertz CT molecular complexity index is 635. The molecule has 0 saturated heterocycles. The molecule has 114 valence electrons. The summed E-state index contributed by atoms with van der Waals surface area (Å²) in [5.41, 5.74) is 5.34. The van der Waals surface area contributed by atoms with Crippen molar-refractivity contribution < 1.29 is 0 Å². The van der Waals surface area contributed by atoms with E-state index < -0.39 is 0 Å². The van der Waals surface area contributed by atoms with Crippen LogP contribution in [0.25, 0.3) is 0 Å². The molecule has 0 radical (unpaired) electrons. The molecule has 21 heavy (non-hydrogen) atoms. The lowest BCUT2D eigenvalue weighted by Crippen LogP contribution is -2.22. The van der Waals surface area contributed by atoms with Gasteiger partial charge in [-0.05, 0) is 62.3 Å². The highest BCUT2D eigenvalue weighted by Gasteiger charge is 2.20. The first-order valence-corrected chi connectivity index (χ1v) is 7.97. The van der Waals surface area contributed by atoms with Gasteiger partial charge in [-0.15, -0.1) is 0 Å². The van der Waals surface area contributed by atoms with Gasteiger partial charge in [0.15, 0.2) is 0 Å². The van der Waals surface area contributed by atoms with Crippen LogP contribution < -0.4 is 5.32 Å². The van der Waals surface area contributed by atoms with Crippen LogP contribution in [0.1, 0.15) is 41.3 Å². The lowest BCUT2D eigenvalue weighted by atomic mass is 10.0. The van der Waals surface area contributed by atoms with E-state index in [9.17, 15) is 0 Å². The largest absolute Gasteiger partial charge is 0.313 e. The summed E-state index contributed by atoms with van der Waals surface area (Å²) in [5.74, 6) is 0. The zero-order valence-corrected chi connectivity index (χ0v) is 14.8. The second-order valence-electron chi connectivity index (χ2n) is 5.23. The van der Waals surface area contributed by atoms with E-state index >= 15 is 0 Å². The van der Waals surface area contributed by atoms with Gasteiger partial charge in [-0.3, -0.25) is 4.68 Å². The van der Waals surface area contributed by atoms with E-state index in [0.717, 1.165) is 34.5 Å². The van der Waals surface area contributed by atoms with Gasteiger partial charge >= 0.3 is 0 Å². The van der Waals surface area contributed by atoms with Crippen LogP contribution >= 0.6 is 15.9 Å². The minimum absolute atomic E-state index is 0.192. The first-order valence-electron chi connectivity index (χ1n) is 7.17. The van der Waals surface area contributed by atoms with E-state index in [2.05, 4.69) is 54.2 Å². The molecule has 0 amide bonds. The molecule has 6 heteroatoms. The minimum Gasteiger partial charge on any atom is -0.313 e. The van der Waals surface area contributed by atoms with Crippen molar-refractivity contribution in [3.8, 4) is 0 Å². The van der Waals surface area contributed by atoms with Crippen molar-refractivity contribution in [3.05, 3.63) is 38.9 Å². The Morgan fingerprint density at radius 2 is 1.95 bits per heavy atom. The van der Waals surface area contributed by atoms with Crippen LogP contribution in [-0.2, 0) is 13.0 Å². The van der Waals surface area contributed by atoms with E-state index in [1.165, 1.54) is 11.3 Å². The number of nitrogens with one attached hydrogen (secondary N) is 1. The van der Waals surface area contributed by atoms with Crippen molar-refractivity contribution >= 4 is 15.9 Å². The van der Waals surface area contributed by atoms with Gasteiger partial charge in [0.25, 0.3) is 0 Å². The van der Waals surface area contributed by atoms with E-state index in [1.807, 2.05) is 27.8 Å². The Labute approximate surface area is 134 Å². The fourth-order valence-electron chi connectivity index (χ4n) is 2.55.